The van der Waals surface area contributed by atoms with E-state index in [1.54, 1.807) is 0 Å². The summed E-state index contributed by atoms with van der Waals surface area (Å²) in [7, 11) is 0. The molecular weight excluding hydrogens is 1230 g/mol. The van der Waals surface area contributed by atoms with Gasteiger partial charge in [0.2, 0.25) is 0 Å². The van der Waals surface area contributed by atoms with Gasteiger partial charge in [0.05, 0.1) is 74.9 Å². The number of esters is 2. The fraction of sp³-hybridized carbons (Fsp3) is 0.167. The summed E-state index contributed by atoms with van der Waals surface area (Å²) in [5, 5.41) is 9.46. The maximum atomic E-state index is 13.0. The van der Waals surface area contributed by atoms with Gasteiger partial charge in [0, 0.05) is 80.5 Å². The zero-order valence-electron chi connectivity index (χ0n) is 57.2. The van der Waals surface area contributed by atoms with Crippen LogP contribution in [0.5, 0.6) is 0 Å². The molecule has 4 heterocycles. The molecule has 0 bridgehead atoms. The summed E-state index contributed by atoms with van der Waals surface area (Å²) in [4.78, 5) is 37.8. The van der Waals surface area contributed by atoms with E-state index >= 15 is 0 Å². The third-order valence-electron chi connectivity index (χ3n) is 20.3. The van der Waals surface area contributed by atoms with Gasteiger partial charge in [-0.05, 0) is 170 Å². The molecule has 100 heavy (non-hydrogen) atoms. The first-order valence-electron chi connectivity index (χ1n) is 34.7. The molecule has 0 atom stereocenters. The summed E-state index contributed by atoms with van der Waals surface area (Å²) in [5.41, 5.74) is 18.9. The van der Waals surface area contributed by atoms with Crippen LogP contribution in [0.4, 0.5) is 0 Å². The van der Waals surface area contributed by atoms with Crippen molar-refractivity contribution in [3.63, 3.8) is 0 Å². The summed E-state index contributed by atoms with van der Waals surface area (Å²) in [5.74, 6) is -0.493. The predicted octanol–water partition coefficient (Wildman–Crippen LogP) is 22.6. The highest BCUT2D eigenvalue weighted by molar-refractivity contribution is 6.13. The first-order valence-corrected chi connectivity index (χ1v) is 34.7. The van der Waals surface area contributed by atoms with Crippen LogP contribution in [0.1, 0.15) is 79.6 Å². The highest BCUT2D eigenvalue weighted by atomic mass is 16.6. The molecule has 0 saturated carbocycles. The molecule has 0 spiro atoms. The molecular formula is C90H82N4O6. The molecule has 16 aromatic rings. The molecule has 0 N–H and O–H groups in total. The third kappa shape index (κ3) is 12.1. The summed E-state index contributed by atoms with van der Waals surface area (Å²) in [6, 6.07) is 98.5. The normalized spacial score (nSPS) is 11.9. The Balaban J connectivity index is 0.000000179. The second-order valence-electron chi connectivity index (χ2n) is 27.2. The van der Waals surface area contributed by atoms with Crippen molar-refractivity contribution in [2.45, 2.75) is 67.4 Å². The van der Waals surface area contributed by atoms with E-state index in [0.717, 1.165) is 85.1 Å². The molecule has 10 heteroatoms. The van der Waals surface area contributed by atoms with Gasteiger partial charge in [0.15, 0.2) is 0 Å². The van der Waals surface area contributed by atoms with Gasteiger partial charge in [-0.1, -0.05) is 191 Å². The Morgan fingerprint density at radius 3 is 1.01 bits per heavy atom. The van der Waals surface area contributed by atoms with E-state index in [0.29, 0.717) is 18.8 Å². The number of aromatic nitrogens is 4. The number of carbonyl (C=O) groups excluding carboxylic acids is 3. The van der Waals surface area contributed by atoms with Crippen molar-refractivity contribution in [3.8, 4) is 45.0 Å². The number of carbonyl (C=O) groups is 3. The van der Waals surface area contributed by atoms with Gasteiger partial charge in [-0.3, -0.25) is 9.59 Å². The van der Waals surface area contributed by atoms with Gasteiger partial charge < -0.3 is 32.5 Å². The summed E-state index contributed by atoms with van der Waals surface area (Å²) < 4.78 is 26.1. The molecule has 0 radical (unpaired) electrons. The number of ketones is 1. The van der Waals surface area contributed by atoms with Crippen LogP contribution < -0.4 is 0 Å². The van der Waals surface area contributed by atoms with Crippen molar-refractivity contribution in [3.05, 3.63) is 290 Å². The number of benzene rings is 12. The number of hydrogen-bond acceptors (Lipinski definition) is 6. The van der Waals surface area contributed by atoms with Crippen LogP contribution in [-0.2, 0) is 30.4 Å². The number of ether oxygens (including phenoxy) is 3. The second kappa shape index (κ2) is 27.0. The van der Waals surface area contributed by atoms with Crippen LogP contribution >= 0.6 is 0 Å². The number of fused-ring (bicyclic) bond motifs is 12. The average Bonchev–Trinajstić information content (AvgIpc) is 1.62. The van der Waals surface area contributed by atoms with Crippen LogP contribution in [0.15, 0.2) is 279 Å². The lowest BCUT2D eigenvalue weighted by atomic mass is 9.84. The van der Waals surface area contributed by atoms with E-state index < -0.39 is 16.8 Å². The molecule has 4 aromatic heterocycles. The summed E-state index contributed by atoms with van der Waals surface area (Å²) >= 11 is 0. The van der Waals surface area contributed by atoms with Crippen molar-refractivity contribution >= 4 is 105 Å². The lowest BCUT2D eigenvalue weighted by Crippen LogP contribution is -2.27. The van der Waals surface area contributed by atoms with Gasteiger partial charge >= 0.3 is 11.9 Å². The Bertz CT molecular complexity index is 5660. The zero-order chi connectivity index (χ0) is 68.7. The maximum absolute atomic E-state index is 13.0. The number of rotatable bonds is 19. The Morgan fingerprint density at radius 1 is 0.330 bits per heavy atom. The van der Waals surface area contributed by atoms with Crippen molar-refractivity contribution in [1.82, 2.24) is 18.3 Å². The number of para-hydroxylation sites is 6. The first-order chi connectivity index (χ1) is 48.8. The van der Waals surface area contributed by atoms with E-state index in [4.69, 9.17) is 14.2 Å². The standard InChI is InChI=1S/C45H40N2O3.C45H38N2O3.2H2/c1-4-45(2,3)44(48)50-28-27-49-30-31-17-26-43-39(29-31)38-13-7-10-16-42(38)47(43)35-24-20-33(21-25-35)32-18-22-34(23-19-32)46-40-14-8-5-11-36(40)37-12-6-9-15-41(37)46;1-4-45(2,3)43(48)27-28-50-44(49)32-21-26-42-38(29-32)37-13-7-10-16-41(37)47(42)34-24-19-31(20-25-34)30-17-22-33(23-18-30)46-39-14-8-5-11-35(39)36-12-6-9-15-40(36)46;;/h5-26,29H,4,27-28,30H2,1-3H3;5-26,29H,4,27-28H2,1-3H3;2*1H. The van der Waals surface area contributed by atoms with Crippen molar-refractivity contribution in [1.29, 1.82) is 0 Å². The molecule has 0 fully saturated rings. The average molecular weight is 1320 g/mol. The van der Waals surface area contributed by atoms with Crippen molar-refractivity contribution in [2.24, 2.45) is 10.8 Å². The minimum atomic E-state index is -0.472. The highest BCUT2D eigenvalue weighted by Crippen LogP contribution is 2.39. The number of Topliss-reactive ketones (excluding diaryl/α,β-unsaturated/α-hetero) is 1. The number of hydrogen-bond donors (Lipinski definition) is 0. The smallest absolute Gasteiger partial charge is 0.338 e. The Hall–Kier alpha value is -11.6. The Kier molecular flexibility index (Phi) is 17.4. The second-order valence-corrected chi connectivity index (χ2v) is 27.2. The van der Waals surface area contributed by atoms with E-state index in [1.807, 2.05) is 71.9 Å². The molecule has 16 rings (SSSR count). The van der Waals surface area contributed by atoms with Gasteiger partial charge in [0.25, 0.3) is 0 Å². The van der Waals surface area contributed by atoms with E-state index in [1.165, 1.54) is 65.5 Å². The molecule has 12 aromatic carbocycles. The fourth-order valence-electron chi connectivity index (χ4n) is 14.0. The quantitative estimate of drug-likeness (QED) is 0.0591. The maximum Gasteiger partial charge on any atom is 0.338 e. The molecule has 0 unspecified atom stereocenters. The molecule has 0 amide bonds. The van der Waals surface area contributed by atoms with Crippen molar-refractivity contribution < 1.29 is 31.4 Å². The summed E-state index contributed by atoms with van der Waals surface area (Å²) in [6.45, 7) is 12.8. The third-order valence-corrected chi connectivity index (χ3v) is 20.3. The van der Waals surface area contributed by atoms with E-state index in [2.05, 4.69) is 267 Å². The fourth-order valence-corrected chi connectivity index (χ4v) is 14.0. The van der Waals surface area contributed by atoms with Gasteiger partial charge in [-0.25, -0.2) is 4.79 Å². The van der Waals surface area contributed by atoms with Gasteiger partial charge in [-0.15, -0.1) is 0 Å². The Labute approximate surface area is 584 Å². The molecule has 10 nitrogen and oxygen atoms in total. The SMILES string of the molecule is CCC(C)(C)C(=O)CCOC(=O)c1ccc2c(c1)c1ccccc1n2-c1ccc(-c2ccc(-n3c4ccccc4c4ccccc43)cc2)cc1.CCC(C)(C)C(=O)OCCOCc1ccc2c(c1)c1ccccc1n2-c1ccc(-c2ccc(-n3c4ccccc4c4ccccc43)cc2)cc1.[HH].[HH]. The zero-order valence-corrected chi connectivity index (χ0v) is 57.2. The highest BCUT2D eigenvalue weighted by Gasteiger charge is 2.28. The van der Waals surface area contributed by atoms with Crippen LogP contribution in [0, 0.1) is 10.8 Å². The largest absolute Gasteiger partial charge is 0.463 e. The lowest BCUT2D eigenvalue weighted by molar-refractivity contribution is -0.155. The van der Waals surface area contributed by atoms with Crippen LogP contribution in [0.3, 0.4) is 0 Å². The molecule has 0 saturated heterocycles. The number of nitrogens with zero attached hydrogens (tertiary/aromatic N) is 4. The molecule has 0 aliphatic carbocycles. The Morgan fingerprint density at radius 2 is 0.650 bits per heavy atom. The monoisotopic (exact) mass is 1310 g/mol. The topological polar surface area (TPSA) is 98.6 Å². The van der Waals surface area contributed by atoms with Crippen LogP contribution in [-0.4, -0.2) is 55.8 Å². The lowest BCUT2D eigenvalue weighted by Gasteiger charge is -2.20. The van der Waals surface area contributed by atoms with Crippen LogP contribution in [0.25, 0.3) is 132 Å². The minimum absolute atomic E-state index is 0. The van der Waals surface area contributed by atoms with E-state index in [9.17, 15) is 14.4 Å². The van der Waals surface area contributed by atoms with Crippen LogP contribution in [0.2, 0.25) is 0 Å². The molecule has 0 aliphatic heterocycles. The summed E-state index contributed by atoms with van der Waals surface area (Å²) in [6.07, 6.45) is 1.71. The minimum Gasteiger partial charge on any atom is -0.463 e. The molecule has 498 valence electrons. The van der Waals surface area contributed by atoms with Crippen molar-refractivity contribution in [2.75, 3.05) is 19.8 Å². The van der Waals surface area contributed by atoms with Gasteiger partial charge in [0.1, 0.15) is 12.4 Å². The van der Waals surface area contributed by atoms with E-state index in [-0.39, 0.29) is 34.2 Å². The first kappa shape index (κ1) is 64.4. The molecule has 0 aliphatic rings. The predicted molar refractivity (Wildman–Crippen MR) is 414 cm³/mol. The van der Waals surface area contributed by atoms with Gasteiger partial charge in [-0.2, -0.15) is 0 Å².